The van der Waals surface area contributed by atoms with E-state index >= 15 is 0 Å². The molecule has 8 nitrogen and oxygen atoms in total. The summed E-state index contributed by atoms with van der Waals surface area (Å²) in [6.07, 6.45) is 6.31. The molecule has 0 saturated heterocycles. The lowest BCUT2D eigenvalue weighted by molar-refractivity contribution is -0.384. The van der Waals surface area contributed by atoms with Gasteiger partial charge < -0.3 is 9.88 Å². The average molecular weight is 261 g/mol. The fourth-order valence-corrected chi connectivity index (χ4v) is 1.92. The van der Waals surface area contributed by atoms with E-state index in [9.17, 15) is 14.9 Å². The highest BCUT2D eigenvalue weighted by molar-refractivity contribution is 6.03. The summed E-state index contributed by atoms with van der Waals surface area (Å²) in [6, 6.07) is 1.49. The molecule has 0 radical (unpaired) electrons. The van der Waals surface area contributed by atoms with E-state index in [0.717, 1.165) is 12.8 Å². The third kappa shape index (κ3) is 2.19. The van der Waals surface area contributed by atoms with Gasteiger partial charge in [-0.3, -0.25) is 20.0 Å². The lowest BCUT2D eigenvalue weighted by Gasteiger charge is -2.06. The molecule has 0 unspecified atom stereocenters. The summed E-state index contributed by atoms with van der Waals surface area (Å²) < 4.78 is 1.67. The van der Waals surface area contributed by atoms with Crippen LogP contribution in [-0.4, -0.2) is 25.6 Å². The van der Waals surface area contributed by atoms with Gasteiger partial charge in [0.2, 0.25) is 0 Å². The van der Waals surface area contributed by atoms with Crippen molar-refractivity contribution in [2.75, 3.05) is 5.32 Å². The second-order valence-corrected chi connectivity index (χ2v) is 4.42. The molecule has 1 aliphatic carbocycles. The number of nitro groups is 1. The standard InChI is InChI=1S/C11H11N5O3/c17-11(14-7-4-12-13-5-7)10-3-9(16(18)19)6-15(10)8-1-2-8/h3-6,8H,1-2H2,(H,12,13)(H,14,17). The summed E-state index contributed by atoms with van der Waals surface area (Å²) >= 11 is 0. The van der Waals surface area contributed by atoms with Gasteiger partial charge in [0.25, 0.3) is 11.6 Å². The van der Waals surface area contributed by atoms with Gasteiger partial charge >= 0.3 is 0 Å². The smallest absolute Gasteiger partial charge is 0.287 e. The van der Waals surface area contributed by atoms with Crippen LogP contribution in [0.25, 0.3) is 0 Å². The van der Waals surface area contributed by atoms with Crippen LogP contribution in [-0.2, 0) is 0 Å². The van der Waals surface area contributed by atoms with Crippen molar-refractivity contribution in [3.05, 3.63) is 40.5 Å². The monoisotopic (exact) mass is 261 g/mol. The first kappa shape index (κ1) is 11.5. The van der Waals surface area contributed by atoms with Gasteiger partial charge in [-0.1, -0.05) is 0 Å². The molecule has 98 valence electrons. The van der Waals surface area contributed by atoms with E-state index in [2.05, 4.69) is 15.5 Å². The van der Waals surface area contributed by atoms with Gasteiger partial charge in [-0.2, -0.15) is 5.10 Å². The molecule has 1 amide bonds. The van der Waals surface area contributed by atoms with Gasteiger partial charge in [-0.25, -0.2) is 0 Å². The first-order chi connectivity index (χ1) is 9.15. The number of amides is 1. The van der Waals surface area contributed by atoms with Gasteiger partial charge in [0.15, 0.2) is 0 Å². The highest BCUT2D eigenvalue weighted by Crippen LogP contribution is 2.38. The van der Waals surface area contributed by atoms with E-state index in [0.29, 0.717) is 11.4 Å². The largest absolute Gasteiger partial charge is 0.334 e. The van der Waals surface area contributed by atoms with Crippen molar-refractivity contribution in [2.24, 2.45) is 0 Å². The van der Waals surface area contributed by atoms with Crippen molar-refractivity contribution in [1.82, 2.24) is 14.8 Å². The zero-order chi connectivity index (χ0) is 13.4. The maximum Gasteiger partial charge on any atom is 0.287 e. The number of carbonyl (C=O) groups excluding carboxylic acids is 1. The first-order valence-corrected chi connectivity index (χ1v) is 5.81. The molecule has 0 aliphatic heterocycles. The molecule has 2 N–H and O–H groups in total. The number of hydrogen-bond donors (Lipinski definition) is 2. The van der Waals surface area contributed by atoms with E-state index in [4.69, 9.17) is 0 Å². The lowest BCUT2D eigenvalue weighted by atomic mass is 10.3. The average Bonchev–Trinajstić information content (AvgIpc) is 2.92. The van der Waals surface area contributed by atoms with Crippen LogP contribution in [0.5, 0.6) is 0 Å². The molecule has 0 spiro atoms. The number of nitrogens with zero attached hydrogens (tertiary/aromatic N) is 3. The van der Waals surface area contributed by atoms with Crippen LogP contribution in [0.1, 0.15) is 29.4 Å². The molecule has 1 fully saturated rings. The summed E-state index contributed by atoms with van der Waals surface area (Å²) in [4.78, 5) is 22.4. The number of hydrogen-bond acceptors (Lipinski definition) is 4. The van der Waals surface area contributed by atoms with Crippen LogP contribution in [0.3, 0.4) is 0 Å². The number of anilines is 1. The Morgan fingerprint density at radius 2 is 2.37 bits per heavy atom. The highest BCUT2D eigenvalue weighted by atomic mass is 16.6. The Hall–Kier alpha value is -2.64. The predicted octanol–water partition coefficient (Wildman–Crippen LogP) is 1.71. The summed E-state index contributed by atoms with van der Waals surface area (Å²) in [5.41, 5.74) is 0.760. The fourth-order valence-electron chi connectivity index (χ4n) is 1.92. The van der Waals surface area contributed by atoms with Crippen molar-refractivity contribution in [2.45, 2.75) is 18.9 Å². The Kier molecular flexibility index (Phi) is 2.55. The highest BCUT2D eigenvalue weighted by Gasteiger charge is 2.30. The molecule has 0 aromatic carbocycles. The van der Waals surface area contributed by atoms with Crippen LogP contribution in [0.15, 0.2) is 24.7 Å². The van der Waals surface area contributed by atoms with Crippen molar-refractivity contribution in [3.8, 4) is 0 Å². The molecule has 1 saturated carbocycles. The third-order valence-electron chi connectivity index (χ3n) is 2.97. The maximum atomic E-state index is 12.1. The van der Waals surface area contributed by atoms with Crippen LogP contribution in [0.4, 0.5) is 11.4 Å². The molecule has 1 aliphatic rings. The second kappa shape index (κ2) is 4.23. The number of aromatic nitrogens is 3. The first-order valence-electron chi connectivity index (χ1n) is 5.81. The second-order valence-electron chi connectivity index (χ2n) is 4.42. The van der Waals surface area contributed by atoms with Crippen molar-refractivity contribution < 1.29 is 9.72 Å². The topological polar surface area (TPSA) is 106 Å². The van der Waals surface area contributed by atoms with Crippen LogP contribution >= 0.6 is 0 Å². The minimum absolute atomic E-state index is 0.0655. The summed E-state index contributed by atoms with van der Waals surface area (Å²) in [5, 5.41) is 19.7. The van der Waals surface area contributed by atoms with E-state index in [1.54, 1.807) is 4.57 Å². The molecule has 0 bridgehead atoms. The molecule has 19 heavy (non-hydrogen) atoms. The molecule has 8 heteroatoms. The van der Waals surface area contributed by atoms with Crippen molar-refractivity contribution in [1.29, 1.82) is 0 Å². The van der Waals surface area contributed by atoms with Crippen molar-refractivity contribution >= 4 is 17.3 Å². The molecule has 3 rings (SSSR count). The Balaban J connectivity index is 1.90. The normalized spacial score (nSPS) is 14.3. The fraction of sp³-hybridized carbons (Fsp3) is 0.273. The molecule has 2 heterocycles. The van der Waals surface area contributed by atoms with Gasteiger partial charge in [-0.05, 0) is 12.8 Å². The quantitative estimate of drug-likeness (QED) is 0.645. The Morgan fingerprint density at radius 1 is 1.58 bits per heavy atom. The predicted molar refractivity (Wildman–Crippen MR) is 65.9 cm³/mol. The minimum Gasteiger partial charge on any atom is -0.334 e. The zero-order valence-electron chi connectivity index (χ0n) is 9.87. The lowest BCUT2D eigenvalue weighted by Crippen LogP contribution is -2.15. The van der Waals surface area contributed by atoms with Gasteiger partial charge in [0, 0.05) is 18.3 Å². The van der Waals surface area contributed by atoms with Gasteiger partial charge in [0.1, 0.15) is 5.69 Å². The van der Waals surface area contributed by atoms with E-state index in [1.165, 1.54) is 24.7 Å². The Labute approximate surface area is 107 Å². The molecular weight excluding hydrogens is 250 g/mol. The SMILES string of the molecule is O=C(Nc1cn[nH]c1)c1cc([N+](=O)[O-])cn1C1CC1. The maximum absolute atomic E-state index is 12.1. The van der Waals surface area contributed by atoms with Gasteiger partial charge in [0.05, 0.1) is 23.0 Å². The number of aromatic amines is 1. The van der Waals surface area contributed by atoms with Crippen LogP contribution in [0.2, 0.25) is 0 Å². The minimum atomic E-state index is -0.493. The summed E-state index contributed by atoms with van der Waals surface area (Å²) in [5.74, 6) is -0.374. The number of H-pyrrole nitrogens is 1. The third-order valence-corrected chi connectivity index (χ3v) is 2.97. The molecule has 0 atom stereocenters. The molecule has 2 aromatic heterocycles. The van der Waals surface area contributed by atoms with Gasteiger partial charge in [-0.15, -0.1) is 0 Å². The van der Waals surface area contributed by atoms with E-state index < -0.39 is 4.92 Å². The van der Waals surface area contributed by atoms with E-state index in [1.807, 2.05) is 0 Å². The number of rotatable bonds is 4. The summed E-state index contributed by atoms with van der Waals surface area (Å²) in [7, 11) is 0. The zero-order valence-corrected chi connectivity index (χ0v) is 9.87. The van der Waals surface area contributed by atoms with Crippen LogP contribution < -0.4 is 5.32 Å². The number of nitrogens with one attached hydrogen (secondary N) is 2. The van der Waals surface area contributed by atoms with Crippen LogP contribution in [0, 0.1) is 10.1 Å². The number of carbonyl (C=O) groups is 1. The Bertz CT molecular complexity index is 627. The Morgan fingerprint density at radius 3 is 2.95 bits per heavy atom. The molecular formula is C11H11N5O3. The van der Waals surface area contributed by atoms with Crippen molar-refractivity contribution in [3.63, 3.8) is 0 Å². The molecule has 2 aromatic rings. The summed E-state index contributed by atoms with van der Waals surface area (Å²) in [6.45, 7) is 0. The van der Waals surface area contributed by atoms with E-state index in [-0.39, 0.29) is 17.6 Å².